The fourth-order valence-electron chi connectivity index (χ4n) is 2.67. The molecule has 0 bridgehead atoms. The molecule has 1 saturated heterocycles. The number of carbonyl (C=O) groups excluding carboxylic acids is 1. The third-order valence-corrected chi connectivity index (χ3v) is 4.16. The number of hydrogen-bond acceptors (Lipinski definition) is 2. The Hall–Kier alpha value is -1.35. The quantitative estimate of drug-likeness (QED) is 0.730. The lowest BCUT2D eigenvalue weighted by atomic mass is 10.1. The third-order valence-electron chi connectivity index (χ3n) is 3.70. The van der Waals surface area contributed by atoms with Gasteiger partial charge in [-0.1, -0.05) is 15.9 Å². The summed E-state index contributed by atoms with van der Waals surface area (Å²) < 4.78 is 50.7. The first kappa shape index (κ1) is 19.0. The van der Waals surface area contributed by atoms with Crippen LogP contribution in [-0.4, -0.2) is 43.3 Å². The monoisotopic (exact) mass is 411 g/mol. The van der Waals surface area contributed by atoms with Crippen molar-refractivity contribution in [3.8, 4) is 0 Å². The molecule has 0 spiro atoms. The summed E-state index contributed by atoms with van der Waals surface area (Å²) in [6.07, 6.45) is -3.58. The molecule has 1 aliphatic heterocycles. The van der Waals surface area contributed by atoms with E-state index >= 15 is 0 Å². The second kappa shape index (κ2) is 8.15. The second-order valence-electron chi connectivity index (χ2n) is 5.85. The van der Waals surface area contributed by atoms with E-state index in [1.54, 1.807) is 6.07 Å². The van der Waals surface area contributed by atoms with Crippen LogP contribution < -0.4 is 10.6 Å². The number of nitrogens with one attached hydrogen (secondary N) is 2. The number of benzene rings is 1. The van der Waals surface area contributed by atoms with Crippen molar-refractivity contribution >= 4 is 22.0 Å². The Morgan fingerprint density at radius 2 is 2.04 bits per heavy atom. The molecular formula is C15H18BrF4N3O. The lowest BCUT2D eigenvalue weighted by Gasteiger charge is -2.18. The van der Waals surface area contributed by atoms with Crippen molar-refractivity contribution < 1.29 is 22.4 Å². The molecule has 2 N–H and O–H groups in total. The van der Waals surface area contributed by atoms with Gasteiger partial charge in [0.05, 0.1) is 6.54 Å². The van der Waals surface area contributed by atoms with Gasteiger partial charge in [-0.25, -0.2) is 9.18 Å². The van der Waals surface area contributed by atoms with Crippen molar-refractivity contribution in [2.24, 2.45) is 5.92 Å². The van der Waals surface area contributed by atoms with Gasteiger partial charge in [-0.05, 0) is 42.6 Å². The number of hydrogen-bond donors (Lipinski definition) is 2. The lowest BCUT2D eigenvalue weighted by molar-refractivity contribution is -0.143. The molecule has 2 amide bonds. The zero-order valence-corrected chi connectivity index (χ0v) is 14.4. The molecule has 1 aromatic rings. The molecule has 0 aromatic heterocycles. The Morgan fingerprint density at radius 3 is 2.71 bits per heavy atom. The van der Waals surface area contributed by atoms with Gasteiger partial charge in [0.15, 0.2) is 0 Å². The summed E-state index contributed by atoms with van der Waals surface area (Å²) in [6, 6.07) is 3.90. The molecule has 1 aromatic carbocycles. The van der Waals surface area contributed by atoms with E-state index in [1.165, 1.54) is 17.0 Å². The van der Waals surface area contributed by atoms with Gasteiger partial charge < -0.3 is 10.6 Å². The highest BCUT2D eigenvalue weighted by atomic mass is 79.9. The van der Waals surface area contributed by atoms with Crippen molar-refractivity contribution in [2.75, 3.05) is 26.2 Å². The van der Waals surface area contributed by atoms with E-state index in [4.69, 9.17) is 0 Å². The average Bonchev–Trinajstić information content (AvgIpc) is 2.87. The molecule has 2 rings (SSSR count). The van der Waals surface area contributed by atoms with E-state index < -0.39 is 24.6 Å². The molecule has 1 fully saturated rings. The van der Waals surface area contributed by atoms with Gasteiger partial charge in [-0.2, -0.15) is 13.2 Å². The van der Waals surface area contributed by atoms with Crippen LogP contribution in [0.15, 0.2) is 22.7 Å². The van der Waals surface area contributed by atoms with Crippen LogP contribution in [0.4, 0.5) is 22.4 Å². The molecule has 0 saturated carbocycles. The number of carbonyl (C=O) groups is 1. The van der Waals surface area contributed by atoms with E-state index in [0.717, 1.165) is 0 Å². The number of amides is 2. The minimum Gasteiger partial charge on any atom is -0.338 e. The molecule has 1 atom stereocenters. The molecule has 1 aliphatic rings. The van der Waals surface area contributed by atoms with Crippen molar-refractivity contribution in [3.63, 3.8) is 0 Å². The minimum absolute atomic E-state index is 0.00131. The zero-order chi connectivity index (χ0) is 17.7. The molecule has 1 heterocycles. The Balaban J connectivity index is 1.68. The van der Waals surface area contributed by atoms with Gasteiger partial charge in [0.25, 0.3) is 0 Å². The lowest BCUT2D eigenvalue weighted by Crippen LogP contribution is -2.39. The zero-order valence-electron chi connectivity index (χ0n) is 12.8. The van der Waals surface area contributed by atoms with Crippen molar-refractivity contribution in [3.05, 3.63) is 34.1 Å². The first-order valence-corrected chi connectivity index (χ1v) is 8.26. The van der Waals surface area contributed by atoms with Gasteiger partial charge in [0.2, 0.25) is 0 Å². The Morgan fingerprint density at radius 1 is 1.29 bits per heavy atom. The van der Waals surface area contributed by atoms with Crippen LogP contribution in [0, 0.1) is 11.7 Å². The minimum atomic E-state index is -4.20. The van der Waals surface area contributed by atoms with Crippen LogP contribution in [0.2, 0.25) is 0 Å². The number of rotatable bonds is 5. The van der Waals surface area contributed by atoms with Gasteiger partial charge >= 0.3 is 12.2 Å². The highest BCUT2D eigenvalue weighted by Gasteiger charge is 2.34. The van der Waals surface area contributed by atoms with Gasteiger partial charge in [0, 0.05) is 24.1 Å². The maximum atomic E-state index is 13.2. The number of nitrogens with zero attached hydrogens (tertiary/aromatic N) is 1. The number of halogens is 5. The van der Waals surface area contributed by atoms with Crippen molar-refractivity contribution in [2.45, 2.75) is 19.1 Å². The second-order valence-corrected chi connectivity index (χ2v) is 6.76. The molecular weight excluding hydrogens is 394 g/mol. The first-order valence-electron chi connectivity index (χ1n) is 7.47. The average molecular weight is 412 g/mol. The standard InChI is InChI=1S/C15H18BrF4N3O/c16-12-3-11(4-13(17)5-12)7-22-14(24)21-6-10-1-2-23(8-10)9-15(18,19)20/h3-5,10H,1-2,6-9H2,(H2,21,22,24)/t10-/m1/s1. The summed E-state index contributed by atoms with van der Waals surface area (Å²) in [7, 11) is 0. The summed E-state index contributed by atoms with van der Waals surface area (Å²) in [5.41, 5.74) is 0.606. The van der Waals surface area contributed by atoms with Crippen LogP contribution in [0.3, 0.4) is 0 Å². The highest BCUT2D eigenvalue weighted by molar-refractivity contribution is 9.10. The Kier molecular flexibility index (Phi) is 6.45. The maximum absolute atomic E-state index is 13.2. The molecule has 134 valence electrons. The Labute approximate surface area is 145 Å². The van der Waals surface area contributed by atoms with Crippen LogP contribution in [0.5, 0.6) is 0 Å². The molecule has 0 aliphatic carbocycles. The van der Waals surface area contributed by atoms with Crippen molar-refractivity contribution in [1.82, 2.24) is 15.5 Å². The number of urea groups is 1. The summed E-state index contributed by atoms with van der Waals surface area (Å²) >= 11 is 3.17. The van der Waals surface area contributed by atoms with Gasteiger partial charge in [-0.15, -0.1) is 0 Å². The predicted octanol–water partition coefficient (Wildman–Crippen LogP) is 3.27. The molecule has 9 heteroatoms. The summed E-state index contributed by atoms with van der Waals surface area (Å²) in [5.74, 6) is -0.404. The van der Waals surface area contributed by atoms with Crippen LogP contribution in [-0.2, 0) is 6.54 Å². The topological polar surface area (TPSA) is 44.4 Å². The normalized spacial score (nSPS) is 18.6. The van der Waals surface area contributed by atoms with Gasteiger partial charge in [0.1, 0.15) is 5.82 Å². The van der Waals surface area contributed by atoms with E-state index in [2.05, 4.69) is 26.6 Å². The Bertz CT molecular complexity index is 562. The largest absolute Gasteiger partial charge is 0.401 e. The summed E-state index contributed by atoms with van der Waals surface area (Å²) in [6.45, 7) is 0.256. The fourth-order valence-corrected chi connectivity index (χ4v) is 3.18. The highest BCUT2D eigenvalue weighted by Crippen LogP contribution is 2.22. The van der Waals surface area contributed by atoms with Gasteiger partial charge in [-0.3, -0.25) is 4.90 Å². The predicted molar refractivity (Wildman–Crippen MR) is 84.9 cm³/mol. The number of likely N-dealkylation sites (tertiary alicyclic amines) is 1. The van der Waals surface area contributed by atoms with Crippen LogP contribution in [0.25, 0.3) is 0 Å². The SMILES string of the molecule is O=C(NCc1cc(F)cc(Br)c1)NC[C@H]1CCN(CC(F)(F)F)C1. The summed E-state index contributed by atoms with van der Waals surface area (Å²) in [5, 5.41) is 5.24. The van der Waals surface area contributed by atoms with E-state index in [0.29, 0.717) is 36.1 Å². The van der Waals surface area contributed by atoms with E-state index in [9.17, 15) is 22.4 Å². The molecule has 0 radical (unpaired) electrons. The number of alkyl halides is 3. The first-order chi connectivity index (χ1) is 11.2. The van der Waals surface area contributed by atoms with Crippen molar-refractivity contribution in [1.29, 1.82) is 0 Å². The smallest absolute Gasteiger partial charge is 0.338 e. The maximum Gasteiger partial charge on any atom is 0.401 e. The van der Waals surface area contributed by atoms with Crippen LogP contribution >= 0.6 is 15.9 Å². The molecule has 24 heavy (non-hydrogen) atoms. The van der Waals surface area contributed by atoms with E-state index in [1.807, 2.05) is 0 Å². The molecule has 0 unspecified atom stereocenters. The fraction of sp³-hybridized carbons (Fsp3) is 0.533. The van der Waals surface area contributed by atoms with Crippen LogP contribution in [0.1, 0.15) is 12.0 Å². The third kappa shape index (κ3) is 6.64. The molecule has 4 nitrogen and oxygen atoms in total. The summed E-state index contributed by atoms with van der Waals surface area (Å²) in [4.78, 5) is 13.1. The van der Waals surface area contributed by atoms with E-state index in [-0.39, 0.29) is 12.5 Å².